The van der Waals surface area contributed by atoms with Gasteiger partial charge in [0.25, 0.3) is 0 Å². The second-order valence-corrected chi connectivity index (χ2v) is 13.5. The van der Waals surface area contributed by atoms with E-state index in [9.17, 15) is 14.4 Å². The fourth-order valence-electron chi connectivity index (χ4n) is 4.25. The van der Waals surface area contributed by atoms with Crippen molar-refractivity contribution in [3.63, 3.8) is 0 Å². The Bertz CT molecular complexity index is 883. The van der Waals surface area contributed by atoms with Gasteiger partial charge in [0.1, 0.15) is 6.10 Å². The second kappa shape index (κ2) is 22.0. The molecule has 43 heavy (non-hydrogen) atoms. The molecule has 0 aromatic heterocycles. The maximum Gasteiger partial charge on any atom is 0.333 e. The standard InChI is InChI=1S/C11H21NO2.C9H17NO2.C9H19NO.C4H6O2/c1-9(2)10(13)14-8-11(3,4)7-12(5)6;1-7(2)9(11)12-8(3)6-10(4)5;1-8-6-9(2,3)7-10(8)4-5-11;1-3(2)4(5)6/h1,7-8H2,2-6H3;8H,1,6H2,2-5H3;8,11H,4-7H2,1-3H3;1H2,2H3,(H,5,6). The summed E-state index contributed by atoms with van der Waals surface area (Å²) in [5.74, 6) is -1.56. The lowest BCUT2D eigenvalue weighted by atomic mass is 9.91. The van der Waals surface area contributed by atoms with E-state index < -0.39 is 5.97 Å². The monoisotopic (exact) mass is 613 g/mol. The molecule has 252 valence electrons. The van der Waals surface area contributed by atoms with Crippen molar-refractivity contribution in [1.29, 1.82) is 0 Å². The number of esters is 2. The maximum atomic E-state index is 11.1. The van der Waals surface area contributed by atoms with Crippen LogP contribution in [0.25, 0.3) is 0 Å². The number of carboxylic acid groups (broad SMARTS) is 1. The summed E-state index contributed by atoms with van der Waals surface area (Å²) in [5, 5.41) is 16.7. The first-order valence-electron chi connectivity index (χ1n) is 14.6. The highest BCUT2D eigenvalue weighted by atomic mass is 16.5. The molecule has 10 nitrogen and oxygen atoms in total. The second-order valence-electron chi connectivity index (χ2n) is 13.5. The Morgan fingerprint density at radius 2 is 1.44 bits per heavy atom. The number of rotatable bonds is 12. The van der Waals surface area contributed by atoms with E-state index >= 15 is 0 Å². The predicted octanol–water partition coefficient (Wildman–Crippen LogP) is 4.50. The van der Waals surface area contributed by atoms with Crippen LogP contribution < -0.4 is 0 Å². The number of aliphatic hydroxyl groups excluding tert-OH is 1. The summed E-state index contributed by atoms with van der Waals surface area (Å²) in [6, 6.07) is 0.650. The van der Waals surface area contributed by atoms with Crippen molar-refractivity contribution in [2.75, 3.05) is 67.6 Å². The average molecular weight is 614 g/mol. The van der Waals surface area contributed by atoms with Gasteiger partial charge in [-0.15, -0.1) is 0 Å². The van der Waals surface area contributed by atoms with Gasteiger partial charge < -0.3 is 29.5 Å². The minimum absolute atomic E-state index is 0.0192. The van der Waals surface area contributed by atoms with Crippen molar-refractivity contribution in [2.24, 2.45) is 10.8 Å². The van der Waals surface area contributed by atoms with Gasteiger partial charge in [0.2, 0.25) is 0 Å². The Hall–Kier alpha value is -2.53. The molecule has 2 N–H and O–H groups in total. The average Bonchev–Trinajstić information content (AvgIpc) is 3.08. The summed E-state index contributed by atoms with van der Waals surface area (Å²) in [6.45, 7) is 32.1. The summed E-state index contributed by atoms with van der Waals surface area (Å²) < 4.78 is 10.1. The van der Waals surface area contributed by atoms with Crippen LogP contribution in [0.15, 0.2) is 36.5 Å². The highest BCUT2D eigenvalue weighted by Crippen LogP contribution is 2.33. The summed E-state index contributed by atoms with van der Waals surface area (Å²) >= 11 is 0. The van der Waals surface area contributed by atoms with Crippen molar-refractivity contribution in [3.05, 3.63) is 36.5 Å². The van der Waals surface area contributed by atoms with Gasteiger partial charge in [0.05, 0.1) is 13.2 Å². The molecule has 2 atom stereocenters. The molecule has 1 aliphatic heterocycles. The highest BCUT2D eigenvalue weighted by Gasteiger charge is 2.34. The zero-order valence-electron chi connectivity index (χ0n) is 29.5. The molecule has 0 aliphatic carbocycles. The van der Waals surface area contributed by atoms with Gasteiger partial charge in [-0.1, -0.05) is 47.4 Å². The Morgan fingerprint density at radius 3 is 1.74 bits per heavy atom. The molecular formula is C33H63N3O7. The number of ether oxygens (including phenoxy) is 2. The predicted molar refractivity (Wildman–Crippen MR) is 176 cm³/mol. The minimum atomic E-state index is -0.935. The number of carboxylic acids is 1. The van der Waals surface area contributed by atoms with Crippen LogP contribution in [-0.2, 0) is 23.9 Å². The zero-order valence-corrected chi connectivity index (χ0v) is 29.5. The van der Waals surface area contributed by atoms with Crippen molar-refractivity contribution in [1.82, 2.24) is 14.7 Å². The summed E-state index contributed by atoms with van der Waals surface area (Å²) in [4.78, 5) is 38.1. The first-order valence-corrected chi connectivity index (χ1v) is 14.6. The van der Waals surface area contributed by atoms with E-state index in [1.54, 1.807) is 13.8 Å². The molecule has 1 aliphatic rings. The summed E-state index contributed by atoms with van der Waals surface area (Å²) in [6.07, 6.45) is 1.18. The van der Waals surface area contributed by atoms with Crippen molar-refractivity contribution >= 4 is 17.9 Å². The molecule has 0 aromatic rings. The van der Waals surface area contributed by atoms with E-state index in [0.717, 1.165) is 26.2 Å². The molecule has 0 amide bonds. The molecule has 0 radical (unpaired) electrons. The molecule has 2 unspecified atom stereocenters. The topological polar surface area (TPSA) is 120 Å². The largest absolute Gasteiger partial charge is 0.478 e. The van der Waals surface area contributed by atoms with Crippen molar-refractivity contribution in [2.45, 2.75) is 80.9 Å². The molecule has 1 saturated heterocycles. The molecule has 0 bridgehead atoms. The first kappa shape index (κ1) is 44.9. The lowest BCUT2D eigenvalue weighted by molar-refractivity contribution is -0.144. The lowest BCUT2D eigenvalue weighted by Gasteiger charge is -2.27. The minimum Gasteiger partial charge on any atom is -0.478 e. The van der Waals surface area contributed by atoms with Crippen LogP contribution in [0.5, 0.6) is 0 Å². The molecule has 0 spiro atoms. The van der Waals surface area contributed by atoms with Crippen molar-refractivity contribution in [3.8, 4) is 0 Å². The number of carbonyl (C=O) groups is 3. The van der Waals surface area contributed by atoms with Gasteiger partial charge in [-0.3, -0.25) is 4.90 Å². The van der Waals surface area contributed by atoms with Gasteiger partial charge in [-0.25, -0.2) is 14.4 Å². The smallest absolute Gasteiger partial charge is 0.333 e. The number of carbonyl (C=O) groups excluding carboxylic acids is 2. The van der Waals surface area contributed by atoms with E-state index in [0.29, 0.717) is 35.8 Å². The summed E-state index contributed by atoms with van der Waals surface area (Å²) in [7, 11) is 7.88. The third kappa shape index (κ3) is 26.8. The van der Waals surface area contributed by atoms with Gasteiger partial charge in [0, 0.05) is 54.4 Å². The SMILES string of the molecule is C=C(C)C(=O)O.C=C(C)C(=O)OC(C)CN(C)C.C=C(C)C(=O)OCC(C)(C)CN(C)C.CC1CC(C)(C)CN1CCO. The van der Waals surface area contributed by atoms with Crippen LogP contribution in [0.1, 0.15) is 68.7 Å². The van der Waals surface area contributed by atoms with Crippen molar-refractivity contribution < 1.29 is 34.1 Å². The molecule has 1 rings (SSSR count). The van der Waals surface area contributed by atoms with Crippen LogP contribution in [0, 0.1) is 10.8 Å². The number of nitrogens with zero attached hydrogens (tertiary/aromatic N) is 3. The van der Waals surface area contributed by atoms with E-state index in [4.69, 9.17) is 19.7 Å². The zero-order chi connectivity index (χ0) is 34.7. The maximum absolute atomic E-state index is 11.1. The molecule has 1 fully saturated rings. The quantitative estimate of drug-likeness (QED) is 0.241. The normalized spacial score (nSPS) is 16.3. The number of likely N-dealkylation sites (N-methyl/N-ethyl adjacent to an activating group) is 1. The number of hydrogen-bond donors (Lipinski definition) is 2. The third-order valence-electron chi connectivity index (χ3n) is 5.82. The lowest BCUT2D eigenvalue weighted by Crippen LogP contribution is -2.33. The molecule has 10 heteroatoms. The molecule has 0 aromatic carbocycles. The number of aliphatic carboxylic acids is 1. The van der Waals surface area contributed by atoms with Crippen LogP contribution in [0.4, 0.5) is 0 Å². The van der Waals surface area contributed by atoms with Crippen LogP contribution in [0.2, 0.25) is 0 Å². The Morgan fingerprint density at radius 1 is 0.977 bits per heavy atom. The summed E-state index contributed by atoms with van der Waals surface area (Å²) in [5.41, 5.74) is 1.50. The fourth-order valence-corrected chi connectivity index (χ4v) is 4.25. The molecular weight excluding hydrogens is 550 g/mol. The van der Waals surface area contributed by atoms with E-state index in [2.05, 4.69) is 64.2 Å². The third-order valence-corrected chi connectivity index (χ3v) is 5.82. The van der Waals surface area contributed by atoms with E-state index in [1.807, 2.05) is 40.0 Å². The fraction of sp³-hybridized carbons (Fsp3) is 0.727. The Balaban J connectivity index is -0.000000513. The number of hydrogen-bond acceptors (Lipinski definition) is 9. The Kier molecular flexibility index (Phi) is 23.0. The van der Waals surface area contributed by atoms with Gasteiger partial charge in [-0.05, 0) is 74.6 Å². The van der Waals surface area contributed by atoms with Crippen LogP contribution in [-0.4, -0.2) is 123 Å². The van der Waals surface area contributed by atoms with Gasteiger partial charge in [-0.2, -0.15) is 0 Å². The van der Waals surface area contributed by atoms with Gasteiger partial charge >= 0.3 is 17.9 Å². The van der Waals surface area contributed by atoms with E-state index in [1.165, 1.54) is 13.3 Å². The number of aliphatic hydroxyl groups is 1. The first-order chi connectivity index (χ1) is 19.4. The molecule has 0 saturated carbocycles. The highest BCUT2D eigenvalue weighted by molar-refractivity contribution is 5.87. The molecule has 1 heterocycles. The number of likely N-dealkylation sites (tertiary alicyclic amines) is 1. The Labute approximate surface area is 262 Å². The van der Waals surface area contributed by atoms with E-state index in [-0.39, 0.29) is 29.0 Å². The number of β-amino-alcohol motifs (C(OH)–C–C–N with tert-alkyl or cyclic N) is 1. The van der Waals surface area contributed by atoms with Crippen LogP contribution >= 0.6 is 0 Å². The van der Waals surface area contributed by atoms with Gasteiger partial charge in [0.15, 0.2) is 0 Å². The van der Waals surface area contributed by atoms with Crippen LogP contribution in [0.3, 0.4) is 0 Å².